The number of thiophene rings is 1. The van der Waals surface area contributed by atoms with Gasteiger partial charge in [-0.25, -0.2) is 4.98 Å². The largest absolute Gasteiger partial charge is 0.330 e. The predicted molar refractivity (Wildman–Crippen MR) is 82.5 cm³/mol. The molecular weight excluding hydrogens is 274 g/mol. The van der Waals surface area contributed by atoms with Crippen LogP contribution in [0.4, 0.5) is 0 Å². The molecule has 0 aromatic carbocycles. The fourth-order valence-electron chi connectivity index (χ4n) is 2.61. The Morgan fingerprint density at radius 3 is 3.16 bits per heavy atom. The first-order valence-corrected chi connectivity index (χ1v) is 8.57. The van der Waals surface area contributed by atoms with Crippen molar-refractivity contribution in [3.63, 3.8) is 0 Å². The Hall–Kier alpha value is -0.750. The number of nitrogens with zero attached hydrogens (tertiary/aromatic N) is 2. The summed E-state index contributed by atoms with van der Waals surface area (Å²) < 4.78 is 0. The average Bonchev–Trinajstić information content (AvgIpc) is 3.09. The number of likely N-dealkylation sites (tertiary alicyclic amines) is 1. The van der Waals surface area contributed by atoms with Crippen LogP contribution in [-0.2, 0) is 6.54 Å². The molecular formula is C14H19N3S2. The molecule has 0 aliphatic carbocycles. The van der Waals surface area contributed by atoms with Gasteiger partial charge < -0.3 is 5.73 Å². The van der Waals surface area contributed by atoms with E-state index in [-0.39, 0.29) is 0 Å². The van der Waals surface area contributed by atoms with Gasteiger partial charge in [-0.3, -0.25) is 4.90 Å². The highest BCUT2D eigenvalue weighted by atomic mass is 32.1. The van der Waals surface area contributed by atoms with Crippen molar-refractivity contribution in [1.82, 2.24) is 9.88 Å². The van der Waals surface area contributed by atoms with Crippen LogP contribution in [0.5, 0.6) is 0 Å². The molecule has 0 amide bonds. The van der Waals surface area contributed by atoms with Gasteiger partial charge in [0.05, 0.1) is 5.69 Å². The molecule has 2 aromatic heterocycles. The van der Waals surface area contributed by atoms with Gasteiger partial charge in [-0.1, -0.05) is 0 Å². The van der Waals surface area contributed by atoms with Gasteiger partial charge in [-0.15, -0.1) is 11.3 Å². The van der Waals surface area contributed by atoms with Crippen molar-refractivity contribution in [3.8, 4) is 10.6 Å². The maximum Gasteiger partial charge on any atom is 0.124 e. The van der Waals surface area contributed by atoms with E-state index in [9.17, 15) is 0 Å². The molecule has 3 heterocycles. The lowest BCUT2D eigenvalue weighted by molar-refractivity contribution is 0.169. The van der Waals surface area contributed by atoms with E-state index in [2.05, 4.69) is 27.1 Å². The second-order valence-electron chi connectivity index (χ2n) is 5.14. The summed E-state index contributed by atoms with van der Waals surface area (Å²) in [7, 11) is 0. The normalized spacial score (nSPS) is 20.8. The fourth-order valence-corrected chi connectivity index (χ4v) is 4.14. The second kappa shape index (κ2) is 6.13. The summed E-state index contributed by atoms with van der Waals surface area (Å²) in [6.45, 7) is 4.09. The molecule has 1 atom stereocenters. The first kappa shape index (κ1) is 13.2. The number of hydrogen-bond donors (Lipinski definition) is 1. The molecule has 2 N–H and O–H groups in total. The molecule has 1 saturated heterocycles. The highest BCUT2D eigenvalue weighted by molar-refractivity contribution is 7.14. The Balaban J connectivity index is 1.64. The van der Waals surface area contributed by atoms with Gasteiger partial charge in [-0.2, -0.15) is 11.3 Å². The zero-order valence-electron chi connectivity index (χ0n) is 10.9. The lowest BCUT2D eigenvalue weighted by Crippen LogP contribution is -2.37. The molecule has 0 saturated carbocycles. The number of nitrogens with two attached hydrogens (primary N) is 1. The monoisotopic (exact) mass is 293 g/mol. The molecule has 3 nitrogen and oxygen atoms in total. The fraction of sp³-hybridized carbons (Fsp3) is 0.500. The van der Waals surface area contributed by atoms with Crippen LogP contribution in [0.2, 0.25) is 0 Å². The third-order valence-corrected chi connectivity index (χ3v) is 5.27. The lowest BCUT2D eigenvalue weighted by atomic mass is 9.98. The Labute approximate surface area is 122 Å². The molecule has 0 radical (unpaired) electrons. The summed E-state index contributed by atoms with van der Waals surface area (Å²) in [5, 5.41) is 7.60. The van der Waals surface area contributed by atoms with Crippen LogP contribution in [0.25, 0.3) is 10.6 Å². The van der Waals surface area contributed by atoms with Crippen LogP contribution in [0.1, 0.15) is 18.5 Å². The Morgan fingerprint density at radius 1 is 1.42 bits per heavy atom. The van der Waals surface area contributed by atoms with Crippen molar-refractivity contribution in [3.05, 3.63) is 27.9 Å². The van der Waals surface area contributed by atoms with Gasteiger partial charge in [0.15, 0.2) is 0 Å². The van der Waals surface area contributed by atoms with E-state index in [1.807, 2.05) is 0 Å². The zero-order chi connectivity index (χ0) is 13.1. The Kier molecular flexibility index (Phi) is 4.28. The first-order chi connectivity index (χ1) is 9.35. The van der Waals surface area contributed by atoms with Crippen LogP contribution in [-0.4, -0.2) is 29.5 Å². The molecule has 102 valence electrons. The van der Waals surface area contributed by atoms with Crippen molar-refractivity contribution < 1.29 is 0 Å². The van der Waals surface area contributed by atoms with Gasteiger partial charge in [0.25, 0.3) is 0 Å². The van der Waals surface area contributed by atoms with E-state index >= 15 is 0 Å². The van der Waals surface area contributed by atoms with Crippen LogP contribution in [0.15, 0.2) is 22.2 Å². The van der Waals surface area contributed by atoms with Gasteiger partial charge in [-0.05, 0) is 43.3 Å². The zero-order valence-corrected chi connectivity index (χ0v) is 12.6. The molecule has 19 heavy (non-hydrogen) atoms. The van der Waals surface area contributed by atoms with Crippen molar-refractivity contribution in [2.75, 3.05) is 19.6 Å². The van der Waals surface area contributed by atoms with E-state index in [4.69, 9.17) is 10.7 Å². The van der Waals surface area contributed by atoms with Crippen molar-refractivity contribution in [2.45, 2.75) is 19.4 Å². The minimum absolute atomic E-state index is 0.670. The molecule has 1 aliphatic heterocycles. The molecule has 0 bridgehead atoms. The van der Waals surface area contributed by atoms with E-state index in [1.165, 1.54) is 30.6 Å². The minimum Gasteiger partial charge on any atom is -0.330 e. The highest BCUT2D eigenvalue weighted by Crippen LogP contribution is 2.26. The number of piperidine rings is 1. The van der Waals surface area contributed by atoms with E-state index in [0.717, 1.165) is 24.6 Å². The number of thiazole rings is 1. The van der Waals surface area contributed by atoms with Crippen LogP contribution in [0, 0.1) is 5.92 Å². The summed E-state index contributed by atoms with van der Waals surface area (Å²) in [6, 6.07) is 2.14. The Bertz CT molecular complexity index is 507. The molecule has 0 spiro atoms. The van der Waals surface area contributed by atoms with Gasteiger partial charge in [0.2, 0.25) is 0 Å². The number of rotatable bonds is 4. The summed E-state index contributed by atoms with van der Waals surface area (Å²) in [5.74, 6) is 0.670. The smallest absolute Gasteiger partial charge is 0.124 e. The SMILES string of the molecule is NCC1CCCN(Cc2csc(-c3ccsc3)n2)C1. The van der Waals surface area contributed by atoms with Gasteiger partial charge >= 0.3 is 0 Å². The highest BCUT2D eigenvalue weighted by Gasteiger charge is 2.19. The molecule has 1 fully saturated rings. The predicted octanol–water partition coefficient (Wildman–Crippen LogP) is 3.04. The second-order valence-corrected chi connectivity index (χ2v) is 6.77. The molecule has 3 rings (SSSR count). The summed E-state index contributed by atoms with van der Waals surface area (Å²) in [5.41, 5.74) is 8.24. The maximum absolute atomic E-state index is 5.79. The van der Waals surface area contributed by atoms with E-state index in [0.29, 0.717) is 5.92 Å². The van der Waals surface area contributed by atoms with Crippen molar-refractivity contribution >= 4 is 22.7 Å². The van der Waals surface area contributed by atoms with Gasteiger partial charge in [0, 0.05) is 29.4 Å². The quantitative estimate of drug-likeness (QED) is 0.942. The summed E-state index contributed by atoms with van der Waals surface area (Å²) >= 11 is 3.47. The van der Waals surface area contributed by atoms with Gasteiger partial charge in [0.1, 0.15) is 5.01 Å². The lowest BCUT2D eigenvalue weighted by Gasteiger charge is -2.31. The summed E-state index contributed by atoms with van der Waals surface area (Å²) in [4.78, 5) is 7.24. The molecule has 2 aromatic rings. The average molecular weight is 293 g/mol. The van der Waals surface area contributed by atoms with Crippen molar-refractivity contribution in [1.29, 1.82) is 0 Å². The van der Waals surface area contributed by atoms with Crippen molar-refractivity contribution in [2.24, 2.45) is 11.7 Å². The Morgan fingerprint density at radius 2 is 2.37 bits per heavy atom. The number of hydrogen-bond acceptors (Lipinski definition) is 5. The van der Waals surface area contributed by atoms with E-state index < -0.39 is 0 Å². The first-order valence-electron chi connectivity index (χ1n) is 6.74. The van der Waals surface area contributed by atoms with Crippen LogP contribution in [0.3, 0.4) is 0 Å². The topological polar surface area (TPSA) is 42.1 Å². The van der Waals surface area contributed by atoms with Crippen LogP contribution >= 0.6 is 22.7 Å². The summed E-state index contributed by atoms with van der Waals surface area (Å²) in [6.07, 6.45) is 2.55. The molecule has 1 aliphatic rings. The van der Waals surface area contributed by atoms with Crippen LogP contribution < -0.4 is 5.73 Å². The molecule has 1 unspecified atom stereocenters. The van der Waals surface area contributed by atoms with E-state index in [1.54, 1.807) is 22.7 Å². The minimum atomic E-state index is 0.670. The standard InChI is InChI=1S/C14H19N3S2/c15-6-11-2-1-4-17(7-11)8-13-10-19-14(16-13)12-3-5-18-9-12/h3,5,9-11H,1-2,4,6-8,15H2. The molecule has 5 heteroatoms. The number of aromatic nitrogens is 1. The third-order valence-electron chi connectivity index (χ3n) is 3.64. The third kappa shape index (κ3) is 3.23. The maximum atomic E-state index is 5.79.